The van der Waals surface area contributed by atoms with Crippen LogP contribution in [0.5, 0.6) is 0 Å². The first-order valence-corrected chi connectivity index (χ1v) is 15.6. The summed E-state index contributed by atoms with van der Waals surface area (Å²) in [6, 6.07) is 3.86. The molecule has 0 aliphatic carbocycles. The molecule has 2 heterocycles. The number of fused-ring (bicyclic) bond motifs is 1. The third kappa shape index (κ3) is 13.0. The van der Waals surface area contributed by atoms with Crippen LogP contribution in [0.2, 0.25) is 0 Å². The van der Waals surface area contributed by atoms with Gasteiger partial charge in [0, 0.05) is 31.5 Å². The van der Waals surface area contributed by atoms with Gasteiger partial charge in [0.05, 0.1) is 77.2 Å². The summed E-state index contributed by atoms with van der Waals surface area (Å²) in [6.07, 6.45) is 1.31. The summed E-state index contributed by atoms with van der Waals surface area (Å²) < 4.78 is 32.2. The number of unbranched alkanes of at least 4 members (excludes halogenated alkanes) is 1. The number of imide groups is 2. The second-order valence-electron chi connectivity index (χ2n) is 10.5. The van der Waals surface area contributed by atoms with Crippen molar-refractivity contribution in [2.45, 2.75) is 44.6 Å². The maximum atomic E-state index is 13.1. The van der Waals surface area contributed by atoms with Gasteiger partial charge in [-0.1, -0.05) is 6.07 Å². The minimum Gasteiger partial charge on any atom is -0.481 e. The van der Waals surface area contributed by atoms with Crippen LogP contribution in [0, 0.1) is 0 Å². The fourth-order valence-electron chi connectivity index (χ4n) is 4.73. The number of hydrogen-bond acceptors (Lipinski definition) is 13. The second kappa shape index (κ2) is 21.0. The SMILES string of the molecule is O=C(O)CCCCC(=O)OCCOCCOCCOCCOCCOCCNc1cccc2c1C(=O)N(C1CCC(=O)NC1=O)C2=O. The van der Waals surface area contributed by atoms with Crippen molar-refractivity contribution in [2.75, 3.05) is 84.5 Å². The van der Waals surface area contributed by atoms with Crippen molar-refractivity contribution in [3.05, 3.63) is 29.3 Å². The number of carbonyl (C=O) groups excluding carboxylic acids is 5. The zero-order valence-electron chi connectivity index (χ0n) is 26.3. The molecule has 0 radical (unpaired) electrons. The molecule has 2 aliphatic heterocycles. The van der Waals surface area contributed by atoms with Gasteiger partial charge in [-0.3, -0.25) is 39.0 Å². The highest BCUT2D eigenvalue weighted by atomic mass is 16.6. The first-order chi connectivity index (χ1) is 22.8. The topological polar surface area (TPSA) is 205 Å². The first kappa shape index (κ1) is 37.5. The van der Waals surface area contributed by atoms with Crippen molar-refractivity contribution in [3.8, 4) is 0 Å². The number of carboxylic acid groups (broad SMARTS) is 1. The van der Waals surface area contributed by atoms with Gasteiger partial charge in [-0.05, 0) is 31.4 Å². The van der Waals surface area contributed by atoms with Crippen molar-refractivity contribution in [1.82, 2.24) is 10.2 Å². The summed E-state index contributed by atoms with van der Waals surface area (Å²) >= 11 is 0. The Balaban J connectivity index is 1.12. The molecule has 0 bridgehead atoms. The molecule has 3 rings (SSSR count). The zero-order valence-corrected chi connectivity index (χ0v) is 26.3. The summed E-state index contributed by atoms with van der Waals surface area (Å²) in [5, 5.41) is 13.8. The summed E-state index contributed by atoms with van der Waals surface area (Å²) in [5.74, 6) is -3.45. The number of nitrogens with zero attached hydrogens (tertiary/aromatic N) is 1. The molecule has 1 atom stereocenters. The molecule has 4 amide bonds. The molecule has 16 heteroatoms. The van der Waals surface area contributed by atoms with Crippen LogP contribution in [-0.2, 0) is 47.6 Å². The molecule has 1 saturated heterocycles. The molecule has 0 aromatic heterocycles. The maximum absolute atomic E-state index is 13.1. The molecular weight excluding hydrogens is 622 g/mol. The Morgan fingerprint density at radius 3 is 1.96 bits per heavy atom. The number of amides is 4. The zero-order chi connectivity index (χ0) is 33.9. The van der Waals surface area contributed by atoms with Gasteiger partial charge in [0.25, 0.3) is 11.8 Å². The third-order valence-electron chi connectivity index (χ3n) is 7.03. The van der Waals surface area contributed by atoms with Gasteiger partial charge >= 0.3 is 11.9 Å². The van der Waals surface area contributed by atoms with Crippen molar-refractivity contribution < 1.29 is 62.3 Å². The van der Waals surface area contributed by atoms with Crippen LogP contribution >= 0.6 is 0 Å². The Morgan fingerprint density at radius 2 is 1.36 bits per heavy atom. The number of hydrogen-bond donors (Lipinski definition) is 3. The molecule has 1 aromatic rings. The quantitative estimate of drug-likeness (QED) is 0.0750. The minimum absolute atomic E-state index is 0.0429. The molecule has 3 N–H and O–H groups in total. The van der Waals surface area contributed by atoms with E-state index in [1.165, 1.54) is 6.07 Å². The molecule has 1 fully saturated rings. The first-order valence-electron chi connectivity index (χ1n) is 15.6. The van der Waals surface area contributed by atoms with E-state index in [0.29, 0.717) is 84.5 Å². The maximum Gasteiger partial charge on any atom is 0.305 e. The predicted octanol–water partition coefficient (Wildman–Crippen LogP) is 0.771. The van der Waals surface area contributed by atoms with E-state index in [2.05, 4.69) is 10.6 Å². The molecule has 47 heavy (non-hydrogen) atoms. The van der Waals surface area contributed by atoms with E-state index < -0.39 is 35.6 Å². The lowest BCUT2D eigenvalue weighted by atomic mass is 10.0. The number of esters is 1. The molecule has 0 saturated carbocycles. The fraction of sp³-hybridized carbons (Fsp3) is 0.613. The number of aliphatic carboxylic acids is 1. The Morgan fingerprint density at radius 1 is 0.787 bits per heavy atom. The van der Waals surface area contributed by atoms with Gasteiger partial charge < -0.3 is 38.8 Å². The lowest BCUT2D eigenvalue weighted by molar-refractivity contribution is -0.146. The largest absolute Gasteiger partial charge is 0.481 e. The van der Waals surface area contributed by atoms with Crippen LogP contribution in [-0.4, -0.2) is 131 Å². The van der Waals surface area contributed by atoms with Crippen molar-refractivity contribution in [3.63, 3.8) is 0 Å². The highest BCUT2D eigenvalue weighted by molar-refractivity contribution is 6.25. The van der Waals surface area contributed by atoms with E-state index in [1.54, 1.807) is 12.1 Å². The van der Waals surface area contributed by atoms with E-state index in [4.69, 9.17) is 33.5 Å². The summed E-state index contributed by atoms with van der Waals surface area (Å²) in [5.41, 5.74) is 0.870. The number of nitrogens with one attached hydrogen (secondary N) is 2. The van der Waals surface area contributed by atoms with Gasteiger partial charge in [0.1, 0.15) is 12.6 Å². The lowest BCUT2D eigenvalue weighted by Crippen LogP contribution is -2.54. The number of anilines is 1. The summed E-state index contributed by atoms with van der Waals surface area (Å²) in [7, 11) is 0. The van der Waals surface area contributed by atoms with Gasteiger partial charge in [-0.15, -0.1) is 0 Å². The lowest BCUT2D eigenvalue weighted by Gasteiger charge is -2.27. The van der Waals surface area contributed by atoms with E-state index >= 15 is 0 Å². The molecule has 0 spiro atoms. The average Bonchev–Trinajstić information content (AvgIpc) is 3.30. The minimum atomic E-state index is -1.02. The molecular formula is C31H43N3O13. The smallest absolute Gasteiger partial charge is 0.305 e. The van der Waals surface area contributed by atoms with Gasteiger partial charge in [-0.2, -0.15) is 0 Å². The standard InChI is InChI=1S/C31H43N3O13/c35-25-9-8-24(29(39)33-25)34-30(40)22-4-3-5-23(28(22)31(34)41)32-10-11-42-12-13-43-14-15-44-16-17-45-18-19-46-20-21-47-27(38)7-2-1-6-26(36)37/h3-5,24,32H,1-2,6-21H2,(H,36,37)(H,33,35,39). The molecule has 16 nitrogen and oxygen atoms in total. The van der Waals surface area contributed by atoms with E-state index in [9.17, 15) is 28.8 Å². The number of carbonyl (C=O) groups is 6. The predicted molar refractivity (Wildman–Crippen MR) is 163 cm³/mol. The number of benzene rings is 1. The van der Waals surface area contributed by atoms with Gasteiger partial charge in [-0.25, -0.2) is 0 Å². The number of rotatable bonds is 25. The highest BCUT2D eigenvalue weighted by Crippen LogP contribution is 2.32. The highest BCUT2D eigenvalue weighted by Gasteiger charge is 2.45. The molecule has 2 aliphatic rings. The van der Waals surface area contributed by atoms with E-state index in [1.807, 2.05) is 0 Å². The normalized spacial score (nSPS) is 15.9. The molecule has 1 unspecified atom stereocenters. The van der Waals surface area contributed by atoms with Crippen LogP contribution in [0.4, 0.5) is 5.69 Å². The van der Waals surface area contributed by atoms with E-state index in [0.717, 1.165) is 4.90 Å². The summed E-state index contributed by atoms with van der Waals surface area (Å²) in [6.45, 7) is 4.10. The number of carboxylic acids is 1. The van der Waals surface area contributed by atoms with Crippen molar-refractivity contribution in [2.24, 2.45) is 0 Å². The van der Waals surface area contributed by atoms with Gasteiger partial charge in [0.15, 0.2) is 0 Å². The van der Waals surface area contributed by atoms with Crippen LogP contribution in [0.3, 0.4) is 0 Å². The Hall–Kier alpha value is -3.96. The van der Waals surface area contributed by atoms with Crippen molar-refractivity contribution in [1.29, 1.82) is 0 Å². The second-order valence-corrected chi connectivity index (χ2v) is 10.5. The third-order valence-corrected chi connectivity index (χ3v) is 7.03. The van der Waals surface area contributed by atoms with Crippen LogP contribution in [0.25, 0.3) is 0 Å². The Labute approximate surface area is 272 Å². The van der Waals surface area contributed by atoms with E-state index in [-0.39, 0.29) is 56.0 Å². The monoisotopic (exact) mass is 665 g/mol. The number of piperidine rings is 1. The van der Waals surface area contributed by atoms with Crippen LogP contribution in [0.1, 0.15) is 59.2 Å². The fourth-order valence-corrected chi connectivity index (χ4v) is 4.73. The van der Waals surface area contributed by atoms with Crippen molar-refractivity contribution >= 4 is 41.3 Å². The Bertz CT molecular complexity index is 1230. The Kier molecular flexibility index (Phi) is 16.8. The number of ether oxygens (including phenoxy) is 6. The van der Waals surface area contributed by atoms with Crippen LogP contribution in [0.15, 0.2) is 18.2 Å². The van der Waals surface area contributed by atoms with Crippen LogP contribution < -0.4 is 10.6 Å². The summed E-state index contributed by atoms with van der Waals surface area (Å²) in [4.78, 5) is 72.6. The van der Waals surface area contributed by atoms with Gasteiger partial charge in [0.2, 0.25) is 11.8 Å². The average molecular weight is 666 g/mol. The molecule has 260 valence electrons. The molecule has 1 aromatic carbocycles.